The molecule has 0 saturated carbocycles. The summed E-state index contributed by atoms with van der Waals surface area (Å²) in [6.45, 7) is 4.38. The SMILES string of the molecule is C=C(OC)[C@@H]1CN(S(=O)(=O)c2ccc(Cl)cc2)C[C@@H]1c1ccccc1O. The third-order valence-corrected chi connectivity index (χ3v) is 6.85. The quantitative estimate of drug-likeness (QED) is 0.788. The highest BCUT2D eigenvalue weighted by atomic mass is 35.5. The van der Waals surface area contributed by atoms with Gasteiger partial charge in [-0.3, -0.25) is 0 Å². The summed E-state index contributed by atoms with van der Waals surface area (Å²) >= 11 is 5.86. The monoisotopic (exact) mass is 393 g/mol. The summed E-state index contributed by atoms with van der Waals surface area (Å²) in [5.41, 5.74) is 0.685. The standard InChI is InChI=1S/C19H20ClNO4S/c1-13(25-2)17-11-21(12-18(17)16-5-3-4-6-19(16)22)26(23,24)15-9-7-14(20)8-10-15/h3-10,17-18,22H,1,11-12H2,2H3/t17-,18+/m0/s1. The van der Waals surface area contributed by atoms with Crippen molar-refractivity contribution >= 4 is 21.6 Å². The van der Waals surface area contributed by atoms with Crippen molar-refractivity contribution in [3.8, 4) is 5.75 Å². The summed E-state index contributed by atoms with van der Waals surface area (Å²) in [6, 6.07) is 13.0. The van der Waals surface area contributed by atoms with Crippen LogP contribution in [-0.4, -0.2) is 38.0 Å². The molecule has 0 radical (unpaired) electrons. The lowest BCUT2D eigenvalue weighted by Crippen LogP contribution is -2.29. The highest BCUT2D eigenvalue weighted by Gasteiger charge is 2.42. The van der Waals surface area contributed by atoms with E-state index in [1.54, 1.807) is 30.3 Å². The minimum Gasteiger partial charge on any atom is -0.508 e. The number of para-hydroxylation sites is 1. The van der Waals surface area contributed by atoms with Gasteiger partial charge >= 0.3 is 0 Å². The number of nitrogens with zero attached hydrogens (tertiary/aromatic N) is 1. The number of benzene rings is 2. The zero-order chi connectivity index (χ0) is 18.9. The minimum atomic E-state index is -3.69. The van der Waals surface area contributed by atoms with Crippen molar-refractivity contribution in [3.05, 3.63) is 71.5 Å². The largest absolute Gasteiger partial charge is 0.508 e. The lowest BCUT2D eigenvalue weighted by atomic mass is 9.87. The molecule has 0 spiro atoms. The van der Waals surface area contributed by atoms with Crippen molar-refractivity contribution in [2.24, 2.45) is 5.92 Å². The Morgan fingerprint density at radius 1 is 1.19 bits per heavy atom. The van der Waals surface area contributed by atoms with Crippen LogP contribution in [0.1, 0.15) is 11.5 Å². The Morgan fingerprint density at radius 2 is 1.85 bits per heavy atom. The van der Waals surface area contributed by atoms with Crippen LogP contribution in [0, 0.1) is 5.92 Å². The number of methoxy groups -OCH3 is 1. The molecule has 0 unspecified atom stereocenters. The molecule has 2 aromatic carbocycles. The van der Waals surface area contributed by atoms with Gasteiger partial charge in [0.2, 0.25) is 10.0 Å². The van der Waals surface area contributed by atoms with Crippen molar-refractivity contribution in [3.63, 3.8) is 0 Å². The average Bonchev–Trinajstić information content (AvgIpc) is 3.08. The van der Waals surface area contributed by atoms with E-state index >= 15 is 0 Å². The summed E-state index contributed by atoms with van der Waals surface area (Å²) in [5.74, 6) is 0.130. The van der Waals surface area contributed by atoms with Gasteiger partial charge < -0.3 is 9.84 Å². The van der Waals surface area contributed by atoms with Crippen molar-refractivity contribution < 1.29 is 18.3 Å². The fraction of sp³-hybridized carbons (Fsp3) is 0.263. The second-order valence-corrected chi connectivity index (χ2v) is 8.59. The lowest BCUT2D eigenvalue weighted by Gasteiger charge is -2.20. The fourth-order valence-electron chi connectivity index (χ4n) is 3.31. The number of hydrogen-bond acceptors (Lipinski definition) is 4. The average molecular weight is 394 g/mol. The highest BCUT2D eigenvalue weighted by Crippen LogP contribution is 2.42. The molecule has 1 saturated heterocycles. The van der Waals surface area contributed by atoms with Crippen LogP contribution in [0.2, 0.25) is 5.02 Å². The Hall–Kier alpha value is -2.02. The van der Waals surface area contributed by atoms with Crippen molar-refractivity contribution in [1.29, 1.82) is 0 Å². The summed E-state index contributed by atoms with van der Waals surface area (Å²) in [4.78, 5) is 0.182. The summed E-state index contributed by atoms with van der Waals surface area (Å²) in [7, 11) is -2.17. The number of phenolic OH excluding ortho intramolecular Hbond substituents is 1. The molecule has 0 aromatic heterocycles. The number of aromatic hydroxyl groups is 1. The molecule has 138 valence electrons. The lowest BCUT2D eigenvalue weighted by molar-refractivity contribution is 0.239. The van der Waals surface area contributed by atoms with Crippen LogP contribution in [0.5, 0.6) is 5.75 Å². The molecular formula is C19H20ClNO4S. The van der Waals surface area contributed by atoms with Crippen molar-refractivity contribution in [1.82, 2.24) is 4.31 Å². The number of phenols is 1. The van der Waals surface area contributed by atoms with Gasteiger partial charge in [0.1, 0.15) is 5.75 Å². The van der Waals surface area contributed by atoms with Gasteiger partial charge in [0.05, 0.1) is 17.8 Å². The van der Waals surface area contributed by atoms with Crippen LogP contribution in [0.15, 0.2) is 65.8 Å². The Kier molecular flexibility index (Phi) is 5.27. The predicted molar refractivity (Wildman–Crippen MR) is 101 cm³/mol. The second kappa shape index (κ2) is 7.31. The number of halogens is 1. The van der Waals surface area contributed by atoms with E-state index in [0.29, 0.717) is 16.3 Å². The summed E-state index contributed by atoms with van der Waals surface area (Å²) in [5, 5.41) is 10.7. The Bertz CT molecular complexity index is 911. The molecule has 1 heterocycles. The van der Waals surface area contributed by atoms with Gasteiger partial charge in [0, 0.05) is 29.9 Å². The molecular weight excluding hydrogens is 374 g/mol. The maximum absolute atomic E-state index is 13.0. The van der Waals surface area contributed by atoms with E-state index in [-0.39, 0.29) is 35.6 Å². The first kappa shape index (κ1) is 18.8. The molecule has 1 aliphatic heterocycles. The third-order valence-electron chi connectivity index (χ3n) is 4.75. The molecule has 0 aliphatic carbocycles. The van der Waals surface area contributed by atoms with E-state index in [4.69, 9.17) is 16.3 Å². The second-order valence-electron chi connectivity index (χ2n) is 6.22. The number of ether oxygens (including phenoxy) is 1. The van der Waals surface area contributed by atoms with Crippen LogP contribution in [0.25, 0.3) is 0 Å². The Balaban J connectivity index is 1.97. The first-order valence-electron chi connectivity index (χ1n) is 8.11. The minimum absolute atomic E-state index is 0.136. The van der Waals surface area contributed by atoms with E-state index in [9.17, 15) is 13.5 Å². The zero-order valence-electron chi connectivity index (χ0n) is 14.3. The van der Waals surface area contributed by atoms with E-state index in [1.165, 1.54) is 23.5 Å². The third kappa shape index (κ3) is 3.45. The maximum atomic E-state index is 13.0. The number of hydrogen-bond donors (Lipinski definition) is 1. The molecule has 0 amide bonds. The molecule has 3 rings (SSSR count). The molecule has 0 bridgehead atoms. The van der Waals surface area contributed by atoms with Crippen LogP contribution >= 0.6 is 11.6 Å². The van der Waals surface area contributed by atoms with Gasteiger partial charge in [-0.1, -0.05) is 36.4 Å². The maximum Gasteiger partial charge on any atom is 0.243 e. The Morgan fingerprint density at radius 3 is 2.46 bits per heavy atom. The smallest absolute Gasteiger partial charge is 0.243 e. The normalized spacial score (nSPS) is 20.8. The molecule has 1 fully saturated rings. The predicted octanol–water partition coefficient (Wildman–Crippen LogP) is 3.61. The molecule has 26 heavy (non-hydrogen) atoms. The molecule has 2 atom stereocenters. The van der Waals surface area contributed by atoms with Gasteiger partial charge in [0.25, 0.3) is 0 Å². The van der Waals surface area contributed by atoms with E-state index in [1.807, 2.05) is 6.07 Å². The van der Waals surface area contributed by atoms with Crippen molar-refractivity contribution in [2.75, 3.05) is 20.2 Å². The van der Waals surface area contributed by atoms with Crippen LogP contribution in [0.3, 0.4) is 0 Å². The van der Waals surface area contributed by atoms with Gasteiger partial charge in [-0.15, -0.1) is 0 Å². The van der Waals surface area contributed by atoms with E-state index < -0.39 is 10.0 Å². The van der Waals surface area contributed by atoms with Crippen LogP contribution in [0.4, 0.5) is 0 Å². The van der Waals surface area contributed by atoms with Gasteiger partial charge in [0.15, 0.2) is 0 Å². The van der Waals surface area contributed by atoms with Gasteiger partial charge in [-0.25, -0.2) is 8.42 Å². The molecule has 5 nitrogen and oxygen atoms in total. The van der Waals surface area contributed by atoms with E-state index in [0.717, 1.165) is 0 Å². The highest BCUT2D eigenvalue weighted by molar-refractivity contribution is 7.89. The summed E-state index contributed by atoms with van der Waals surface area (Å²) in [6.07, 6.45) is 0. The topological polar surface area (TPSA) is 66.8 Å². The van der Waals surface area contributed by atoms with Gasteiger partial charge in [-0.05, 0) is 35.9 Å². The van der Waals surface area contributed by atoms with Crippen molar-refractivity contribution in [2.45, 2.75) is 10.8 Å². The fourth-order valence-corrected chi connectivity index (χ4v) is 4.93. The number of rotatable bonds is 5. The van der Waals surface area contributed by atoms with E-state index in [2.05, 4.69) is 6.58 Å². The van der Waals surface area contributed by atoms with Crippen LogP contribution < -0.4 is 0 Å². The zero-order valence-corrected chi connectivity index (χ0v) is 15.9. The number of sulfonamides is 1. The first-order valence-corrected chi connectivity index (χ1v) is 9.92. The summed E-state index contributed by atoms with van der Waals surface area (Å²) < 4.78 is 32.7. The van der Waals surface area contributed by atoms with Gasteiger partial charge in [-0.2, -0.15) is 4.31 Å². The molecule has 1 N–H and O–H groups in total. The molecule has 1 aliphatic rings. The molecule has 2 aromatic rings. The first-order chi connectivity index (χ1) is 12.3. The Labute approximate surface area is 158 Å². The molecule has 7 heteroatoms. The van der Waals surface area contributed by atoms with Crippen LogP contribution in [-0.2, 0) is 14.8 Å².